The molecule has 2 saturated carbocycles. The Kier molecular flexibility index (Phi) is 3.48. The zero-order chi connectivity index (χ0) is 9.97. The number of unbranched alkanes of at least 4 members (excludes halogenated alkanes) is 1. The number of rotatable bonds is 5. The maximum Gasteiger partial charge on any atom is 0.00672 e. The SMILES string of the molecule is C[C@@H]1CC[C@@H]1CCCC[C@@H]1CC[C@@H]1N. The molecule has 0 heterocycles. The van der Waals surface area contributed by atoms with E-state index in [-0.39, 0.29) is 0 Å². The maximum absolute atomic E-state index is 5.92. The Bertz CT molecular complexity index is 158. The molecule has 14 heavy (non-hydrogen) atoms. The van der Waals surface area contributed by atoms with E-state index in [0.29, 0.717) is 6.04 Å². The predicted molar refractivity (Wildman–Crippen MR) is 61.1 cm³/mol. The molecular weight excluding hydrogens is 170 g/mol. The van der Waals surface area contributed by atoms with Gasteiger partial charge in [0.05, 0.1) is 0 Å². The van der Waals surface area contributed by atoms with Crippen LogP contribution in [0.25, 0.3) is 0 Å². The highest BCUT2D eigenvalue weighted by Gasteiger charge is 2.28. The van der Waals surface area contributed by atoms with Crippen LogP contribution in [0.5, 0.6) is 0 Å². The van der Waals surface area contributed by atoms with E-state index < -0.39 is 0 Å². The van der Waals surface area contributed by atoms with Crippen LogP contribution in [-0.2, 0) is 0 Å². The smallest absolute Gasteiger partial charge is 0.00672 e. The maximum atomic E-state index is 5.92. The van der Waals surface area contributed by atoms with Crippen molar-refractivity contribution in [3.05, 3.63) is 0 Å². The van der Waals surface area contributed by atoms with Gasteiger partial charge in [0.2, 0.25) is 0 Å². The second kappa shape index (κ2) is 4.65. The van der Waals surface area contributed by atoms with Crippen molar-refractivity contribution in [3.8, 4) is 0 Å². The summed E-state index contributed by atoms with van der Waals surface area (Å²) in [6, 6.07) is 0.553. The van der Waals surface area contributed by atoms with Gasteiger partial charge in [-0.25, -0.2) is 0 Å². The van der Waals surface area contributed by atoms with E-state index in [2.05, 4.69) is 6.92 Å². The van der Waals surface area contributed by atoms with Gasteiger partial charge < -0.3 is 5.73 Å². The zero-order valence-electron chi connectivity index (χ0n) is 9.54. The van der Waals surface area contributed by atoms with E-state index in [9.17, 15) is 0 Å². The summed E-state index contributed by atoms with van der Waals surface area (Å²) < 4.78 is 0. The quantitative estimate of drug-likeness (QED) is 0.669. The van der Waals surface area contributed by atoms with Crippen molar-refractivity contribution < 1.29 is 0 Å². The molecule has 2 aliphatic carbocycles. The van der Waals surface area contributed by atoms with Gasteiger partial charge in [-0.15, -0.1) is 0 Å². The second-order valence-electron chi connectivity index (χ2n) is 5.60. The zero-order valence-corrected chi connectivity index (χ0v) is 9.54. The number of hydrogen-bond donors (Lipinski definition) is 1. The molecule has 0 unspecified atom stereocenters. The van der Waals surface area contributed by atoms with Gasteiger partial charge in [0, 0.05) is 6.04 Å². The van der Waals surface area contributed by atoms with Crippen LogP contribution in [0.2, 0.25) is 0 Å². The second-order valence-corrected chi connectivity index (χ2v) is 5.60. The number of nitrogens with two attached hydrogens (primary N) is 1. The van der Waals surface area contributed by atoms with Crippen LogP contribution in [0, 0.1) is 17.8 Å². The van der Waals surface area contributed by atoms with Gasteiger partial charge >= 0.3 is 0 Å². The Hall–Kier alpha value is -0.0400. The fraction of sp³-hybridized carbons (Fsp3) is 1.00. The van der Waals surface area contributed by atoms with Crippen LogP contribution in [0.15, 0.2) is 0 Å². The molecule has 1 nitrogen and oxygen atoms in total. The lowest BCUT2D eigenvalue weighted by Gasteiger charge is -2.35. The average Bonchev–Trinajstić information content (AvgIpc) is 2.18. The van der Waals surface area contributed by atoms with Crippen molar-refractivity contribution in [1.82, 2.24) is 0 Å². The Morgan fingerprint density at radius 2 is 1.57 bits per heavy atom. The molecular formula is C13H25N. The Balaban J connectivity index is 1.47. The summed E-state index contributed by atoms with van der Waals surface area (Å²) in [6.45, 7) is 2.41. The monoisotopic (exact) mass is 195 g/mol. The molecule has 0 aromatic rings. The standard InChI is InChI=1S/C13H25N/c1-10-6-7-11(10)4-2-3-5-12-8-9-13(12)14/h10-13H,2-9,14H2,1H3/t10-,11+,12-,13+/m1/s1. The largest absolute Gasteiger partial charge is 0.327 e. The molecule has 0 aliphatic heterocycles. The first-order chi connectivity index (χ1) is 6.77. The van der Waals surface area contributed by atoms with Crippen LogP contribution in [0.1, 0.15) is 58.3 Å². The summed E-state index contributed by atoms with van der Waals surface area (Å²) in [6.07, 6.45) is 11.5. The molecule has 0 aromatic carbocycles. The molecule has 0 aromatic heterocycles. The molecule has 0 radical (unpaired) electrons. The molecule has 4 atom stereocenters. The van der Waals surface area contributed by atoms with Crippen molar-refractivity contribution in [3.63, 3.8) is 0 Å². The highest BCUT2D eigenvalue weighted by Crippen LogP contribution is 2.38. The first kappa shape index (κ1) is 10.5. The molecule has 82 valence electrons. The molecule has 0 spiro atoms. The van der Waals surface area contributed by atoms with Gasteiger partial charge in [-0.1, -0.05) is 32.6 Å². The van der Waals surface area contributed by atoms with Gasteiger partial charge in [0.1, 0.15) is 0 Å². The van der Waals surface area contributed by atoms with Crippen LogP contribution in [0.3, 0.4) is 0 Å². The van der Waals surface area contributed by atoms with Gasteiger partial charge in [0.25, 0.3) is 0 Å². The Labute approximate surface area is 88.4 Å². The highest BCUT2D eigenvalue weighted by molar-refractivity contribution is 4.83. The van der Waals surface area contributed by atoms with E-state index in [0.717, 1.165) is 17.8 Å². The van der Waals surface area contributed by atoms with Gasteiger partial charge in [0.15, 0.2) is 0 Å². The normalized spacial score (nSPS) is 41.6. The molecule has 2 N–H and O–H groups in total. The number of hydrogen-bond acceptors (Lipinski definition) is 1. The van der Waals surface area contributed by atoms with E-state index in [4.69, 9.17) is 5.73 Å². The van der Waals surface area contributed by atoms with E-state index in [1.807, 2.05) is 0 Å². The van der Waals surface area contributed by atoms with Crippen molar-refractivity contribution in [2.75, 3.05) is 0 Å². The molecule has 0 bridgehead atoms. The van der Waals surface area contributed by atoms with Crippen molar-refractivity contribution in [1.29, 1.82) is 0 Å². The highest BCUT2D eigenvalue weighted by atomic mass is 14.7. The first-order valence-corrected chi connectivity index (χ1v) is 6.53. The van der Waals surface area contributed by atoms with Gasteiger partial charge in [-0.2, -0.15) is 0 Å². The molecule has 0 amide bonds. The average molecular weight is 195 g/mol. The molecule has 0 saturated heterocycles. The minimum absolute atomic E-state index is 0.553. The molecule has 2 fully saturated rings. The van der Waals surface area contributed by atoms with E-state index in [1.165, 1.54) is 51.4 Å². The lowest BCUT2D eigenvalue weighted by Crippen LogP contribution is -2.39. The Morgan fingerprint density at radius 3 is 1.93 bits per heavy atom. The lowest BCUT2D eigenvalue weighted by molar-refractivity contribution is 0.173. The molecule has 2 aliphatic rings. The summed E-state index contributed by atoms with van der Waals surface area (Å²) in [5.41, 5.74) is 5.92. The van der Waals surface area contributed by atoms with E-state index >= 15 is 0 Å². The summed E-state index contributed by atoms with van der Waals surface area (Å²) in [5.74, 6) is 2.99. The third-order valence-corrected chi connectivity index (χ3v) is 4.67. The van der Waals surface area contributed by atoms with E-state index in [1.54, 1.807) is 0 Å². The molecule has 2 rings (SSSR count). The lowest BCUT2D eigenvalue weighted by atomic mass is 9.72. The minimum Gasteiger partial charge on any atom is -0.327 e. The summed E-state index contributed by atoms with van der Waals surface area (Å²) in [5, 5.41) is 0. The third kappa shape index (κ3) is 2.31. The molecule has 1 heteroatoms. The summed E-state index contributed by atoms with van der Waals surface area (Å²) in [4.78, 5) is 0. The van der Waals surface area contributed by atoms with Crippen LogP contribution >= 0.6 is 0 Å². The van der Waals surface area contributed by atoms with Crippen LogP contribution in [0.4, 0.5) is 0 Å². The van der Waals surface area contributed by atoms with Crippen molar-refractivity contribution in [2.45, 2.75) is 64.3 Å². The Morgan fingerprint density at radius 1 is 0.929 bits per heavy atom. The summed E-state index contributed by atoms with van der Waals surface area (Å²) >= 11 is 0. The minimum atomic E-state index is 0.553. The topological polar surface area (TPSA) is 26.0 Å². The van der Waals surface area contributed by atoms with Gasteiger partial charge in [-0.3, -0.25) is 0 Å². The first-order valence-electron chi connectivity index (χ1n) is 6.53. The van der Waals surface area contributed by atoms with Crippen LogP contribution in [-0.4, -0.2) is 6.04 Å². The van der Waals surface area contributed by atoms with Gasteiger partial charge in [-0.05, 0) is 43.4 Å². The van der Waals surface area contributed by atoms with Crippen LogP contribution < -0.4 is 5.73 Å². The third-order valence-electron chi connectivity index (χ3n) is 4.67. The van der Waals surface area contributed by atoms with Crippen molar-refractivity contribution in [2.24, 2.45) is 23.5 Å². The fourth-order valence-electron chi connectivity index (χ4n) is 2.93. The fourth-order valence-corrected chi connectivity index (χ4v) is 2.93. The predicted octanol–water partition coefficient (Wildman–Crippen LogP) is 3.33. The van der Waals surface area contributed by atoms with Crippen molar-refractivity contribution >= 4 is 0 Å². The summed E-state index contributed by atoms with van der Waals surface area (Å²) in [7, 11) is 0.